The lowest BCUT2D eigenvalue weighted by Crippen LogP contribution is -2.47. The highest BCUT2D eigenvalue weighted by Gasteiger charge is 2.37. The molecule has 0 radical (unpaired) electrons. The van der Waals surface area contributed by atoms with E-state index in [2.05, 4.69) is 54.1 Å². The molecule has 2 N–H and O–H groups in total. The first-order valence-electron chi connectivity index (χ1n) is 7.43. The summed E-state index contributed by atoms with van der Waals surface area (Å²) in [7, 11) is 0. The van der Waals surface area contributed by atoms with Gasteiger partial charge in [-0.25, -0.2) is 0 Å². The van der Waals surface area contributed by atoms with E-state index in [1.54, 1.807) is 0 Å². The molecule has 2 unspecified atom stereocenters. The van der Waals surface area contributed by atoms with Crippen molar-refractivity contribution < 1.29 is 0 Å². The summed E-state index contributed by atoms with van der Waals surface area (Å²) >= 11 is 0. The molecule has 0 amide bonds. The normalized spacial score (nSPS) is 25.6. The third-order valence-corrected chi connectivity index (χ3v) is 4.69. The molecule has 106 valence electrons. The molecule has 0 spiro atoms. The number of hydrogen-bond acceptors (Lipinski definition) is 2. The molecule has 3 heteroatoms. The van der Waals surface area contributed by atoms with E-state index in [-0.39, 0.29) is 11.5 Å². The molecule has 1 aromatic carbocycles. The zero-order valence-electron chi connectivity index (χ0n) is 12.3. The van der Waals surface area contributed by atoms with Crippen molar-refractivity contribution in [3.8, 4) is 11.1 Å². The van der Waals surface area contributed by atoms with E-state index in [0.717, 1.165) is 6.42 Å². The summed E-state index contributed by atoms with van der Waals surface area (Å²) in [6.07, 6.45) is 7.65. The Morgan fingerprint density at radius 2 is 1.95 bits per heavy atom. The van der Waals surface area contributed by atoms with Gasteiger partial charge in [-0.2, -0.15) is 5.10 Å². The number of nitrogens with two attached hydrogens (primary N) is 1. The Labute approximate surface area is 120 Å². The van der Waals surface area contributed by atoms with Gasteiger partial charge in [0.15, 0.2) is 0 Å². The second kappa shape index (κ2) is 5.06. The van der Waals surface area contributed by atoms with Crippen molar-refractivity contribution in [3.63, 3.8) is 0 Å². The standard InChI is InChI=1S/C17H23N3/c1-17(2)10-6-9-15(16(17)18)20-12-14(11-19-20)13-7-4-3-5-8-13/h3-5,7-8,11-12,15-16H,6,9-10,18H2,1-2H3. The molecule has 20 heavy (non-hydrogen) atoms. The van der Waals surface area contributed by atoms with Gasteiger partial charge in [0.1, 0.15) is 0 Å². The van der Waals surface area contributed by atoms with Gasteiger partial charge in [-0.3, -0.25) is 4.68 Å². The first-order valence-corrected chi connectivity index (χ1v) is 7.43. The molecule has 1 heterocycles. The van der Waals surface area contributed by atoms with E-state index in [1.165, 1.54) is 24.0 Å². The molecule has 3 nitrogen and oxygen atoms in total. The predicted molar refractivity (Wildman–Crippen MR) is 82.3 cm³/mol. The van der Waals surface area contributed by atoms with Crippen molar-refractivity contribution in [1.82, 2.24) is 9.78 Å². The van der Waals surface area contributed by atoms with Crippen LogP contribution in [0.1, 0.15) is 39.2 Å². The second-order valence-electron chi connectivity index (χ2n) is 6.55. The van der Waals surface area contributed by atoms with Crippen LogP contribution >= 0.6 is 0 Å². The summed E-state index contributed by atoms with van der Waals surface area (Å²) in [6.45, 7) is 4.54. The van der Waals surface area contributed by atoms with Crippen LogP contribution in [-0.4, -0.2) is 15.8 Å². The SMILES string of the molecule is CC1(C)CCCC(n2cc(-c3ccccc3)cn2)C1N. The lowest BCUT2D eigenvalue weighted by atomic mass is 9.71. The Bertz CT molecular complexity index is 571. The molecule has 0 saturated heterocycles. The Hall–Kier alpha value is -1.61. The number of benzene rings is 1. The third-order valence-electron chi connectivity index (χ3n) is 4.69. The van der Waals surface area contributed by atoms with Gasteiger partial charge < -0.3 is 5.73 Å². The molecule has 0 bridgehead atoms. The summed E-state index contributed by atoms with van der Waals surface area (Å²) < 4.78 is 2.08. The van der Waals surface area contributed by atoms with Gasteiger partial charge in [-0.1, -0.05) is 50.6 Å². The van der Waals surface area contributed by atoms with Crippen molar-refractivity contribution in [2.24, 2.45) is 11.1 Å². The molecule has 1 aromatic heterocycles. The molecule has 1 fully saturated rings. The van der Waals surface area contributed by atoms with Gasteiger partial charge in [0.2, 0.25) is 0 Å². The van der Waals surface area contributed by atoms with Crippen molar-refractivity contribution in [3.05, 3.63) is 42.7 Å². The second-order valence-corrected chi connectivity index (χ2v) is 6.55. The number of hydrogen-bond donors (Lipinski definition) is 1. The van der Waals surface area contributed by atoms with Crippen molar-refractivity contribution in [2.75, 3.05) is 0 Å². The third kappa shape index (κ3) is 2.38. The first kappa shape index (κ1) is 13.4. The van der Waals surface area contributed by atoms with Crippen LogP contribution < -0.4 is 5.73 Å². The Kier molecular flexibility index (Phi) is 3.38. The van der Waals surface area contributed by atoms with E-state index in [1.807, 2.05) is 12.3 Å². The smallest absolute Gasteiger partial charge is 0.0675 e. The van der Waals surface area contributed by atoms with Gasteiger partial charge >= 0.3 is 0 Å². The van der Waals surface area contributed by atoms with Crippen LogP contribution in [0.3, 0.4) is 0 Å². The molecule has 1 aliphatic rings. The van der Waals surface area contributed by atoms with Gasteiger partial charge in [0, 0.05) is 17.8 Å². The van der Waals surface area contributed by atoms with Crippen LogP contribution in [0.15, 0.2) is 42.7 Å². The lowest BCUT2D eigenvalue weighted by molar-refractivity contribution is 0.135. The minimum absolute atomic E-state index is 0.166. The van der Waals surface area contributed by atoms with Crippen LogP contribution in [-0.2, 0) is 0 Å². The zero-order valence-corrected chi connectivity index (χ0v) is 12.3. The molecular weight excluding hydrogens is 246 g/mol. The number of rotatable bonds is 2. The van der Waals surface area contributed by atoms with Crippen LogP contribution in [0, 0.1) is 5.41 Å². The number of aromatic nitrogens is 2. The van der Waals surface area contributed by atoms with Crippen LogP contribution in [0.4, 0.5) is 0 Å². The fourth-order valence-corrected chi connectivity index (χ4v) is 3.23. The van der Waals surface area contributed by atoms with Crippen LogP contribution in [0.25, 0.3) is 11.1 Å². The van der Waals surface area contributed by atoms with E-state index in [9.17, 15) is 0 Å². The van der Waals surface area contributed by atoms with Crippen molar-refractivity contribution >= 4 is 0 Å². The van der Waals surface area contributed by atoms with Crippen LogP contribution in [0.2, 0.25) is 0 Å². The molecule has 0 aliphatic heterocycles. The first-order chi connectivity index (χ1) is 9.58. The average molecular weight is 269 g/mol. The van der Waals surface area contributed by atoms with E-state index < -0.39 is 0 Å². The highest BCUT2D eigenvalue weighted by atomic mass is 15.3. The molecule has 2 atom stereocenters. The van der Waals surface area contributed by atoms with Crippen molar-refractivity contribution in [1.29, 1.82) is 0 Å². The van der Waals surface area contributed by atoms with Crippen molar-refractivity contribution in [2.45, 2.75) is 45.2 Å². The Balaban J connectivity index is 1.87. The summed E-state index contributed by atoms with van der Waals surface area (Å²) in [5.74, 6) is 0. The predicted octanol–water partition coefficient (Wildman–Crippen LogP) is 3.63. The summed E-state index contributed by atoms with van der Waals surface area (Å²) in [5.41, 5.74) is 9.05. The Morgan fingerprint density at radius 1 is 1.20 bits per heavy atom. The fourth-order valence-electron chi connectivity index (χ4n) is 3.23. The fraction of sp³-hybridized carbons (Fsp3) is 0.471. The Morgan fingerprint density at radius 3 is 2.70 bits per heavy atom. The lowest BCUT2D eigenvalue weighted by Gasteiger charge is -2.41. The maximum atomic E-state index is 6.48. The minimum Gasteiger partial charge on any atom is -0.325 e. The van der Waals surface area contributed by atoms with Gasteiger partial charge in [0.05, 0.1) is 12.2 Å². The maximum absolute atomic E-state index is 6.48. The van der Waals surface area contributed by atoms with Crippen LogP contribution in [0.5, 0.6) is 0 Å². The van der Waals surface area contributed by atoms with E-state index in [4.69, 9.17) is 5.73 Å². The zero-order chi connectivity index (χ0) is 14.2. The largest absolute Gasteiger partial charge is 0.325 e. The highest BCUT2D eigenvalue weighted by molar-refractivity contribution is 5.61. The van der Waals surface area contributed by atoms with Gasteiger partial charge in [-0.15, -0.1) is 0 Å². The molecule has 3 rings (SSSR count). The monoisotopic (exact) mass is 269 g/mol. The van der Waals surface area contributed by atoms with Gasteiger partial charge in [0.25, 0.3) is 0 Å². The molecule has 1 aliphatic carbocycles. The summed E-state index contributed by atoms with van der Waals surface area (Å²) in [4.78, 5) is 0. The summed E-state index contributed by atoms with van der Waals surface area (Å²) in [5, 5.41) is 4.57. The topological polar surface area (TPSA) is 43.8 Å². The van der Waals surface area contributed by atoms with Gasteiger partial charge in [-0.05, 0) is 23.8 Å². The maximum Gasteiger partial charge on any atom is 0.0675 e. The minimum atomic E-state index is 0.166. The molecule has 2 aromatic rings. The van der Waals surface area contributed by atoms with E-state index >= 15 is 0 Å². The summed E-state index contributed by atoms with van der Waals surface area (Å²) in [6, 6.07) is 10.9. The number of nitrogens with zero attached hydrogens (tertiary/aromatic N) is 2. The van der Waals surface area contributed by atoms with E-state index in [0.29, 0.717) is 6.04 Å². The highest BCUT2D eigenvalue weighted by Crippen LogP contribution is 2.40. The molecule has 1 saturated carbocycles. The quantitative estimate of drug-likeness (QED) is 0.904. The average Bonchev–Trinajstić information content (AvgIpc) is 2.92. The molecular formula is C17H23N3.